The summed E-state index contributed by atoms with van der Waals surface area (Å²) < 4.78 is 24.3. The first-order valence-electron chi connectivity index (χ1n) is 11.2. The van der Waals surface area contributed by atoms with Gasteiger partial charge in [-0.2, -0.15) is 0 Å². The average molecular weight is 455 g/mol. The van der Waals surface area contributed by atoms with Crippen LogP contribution in [0.15, 0.2) is 35.5 Å². The van der Waals surface area contributed by atoms with Gasteiger partial charge in [0.25, 0.3) is 0 Å². The fourth-order valence-corrected chi connectivity index (χ4v) is 5.32. The minimum atomic E-state index is -0.312. The second-order valence-corrected chi connectivity index (χ2v) is 9.57. The van der Waals surface area contributed by atoms with Crippen molar-refractivity contribution in [2.24, 2.45) is 0 Å². The van der Waals surface area contributed by atoms with E-state index in [9.17, 15) is 9.18 Å². The van der Waals surface area contributed by atoms with Crippen LogP contribution >= 0.6 is 11.8 Å². The first kappa shape index (κ1) is 21.4. The summed E-state index contributed by atoms with van der Waals surface area (Å²) in [6, 6.07) is 8.87. The number of ether oxygens (including phenoxy) is 1. The van der Waals surface area contributed by atoms with E-state index in [1.807, 2.05) is 24.5 Å². The minimum Gasteiger partial charge on any atom is -0.376 e. The molecule has 2 fully saturated rings. The Morgan fingerprint density at radius 1 is 1.22 bits per heavy atom. The summed E-state index contributed by atoms with van der Waals surface area (Å²) in [6.07, 6.45) is 4.43. The number of aromatic nitrogens is 4. The van der Waals surface area contributed by atoms with Crippen molar-refractivity contribution in [3.8, 4) is 11.4 Å². The van der Waals surface area contributed by atoms with Gasteiger partial charge in [-0.15, -0.1) is 10.2 Å². The summed E-state index contributed by atoms with van der Waals surface area (Å²) in [5.41, 5.74) is 3.26. The molecule has 32 heavy (non-hydrogen) atoms. The largest absolute Gasteiger partial charge is 0.376 e. The molecule has 2 aromatic heterocycles. The summed E-state index contributed by atoms with van der Waals surface area (Å²) in [7, 11) is 0. The van der Waals surface area contributed by atoms with Gasteiger partial charge in [-0.25, -0.2) is 4.39 Å². The van der Waals surface area contributed by atoms with Crippen molar-refractivity contribution in [2.75, 3.05) is 12.4 Å². The maximum atomic E-state index is 14.4. The normalized spacial score (nSPS) is 18.4. The molecule has 168 valence electrons. The molecular weight excluding hydrogens is 427 g/mol. The number of rotatable bonds is 8. The highest BCUT2D eigenvalue weighted by molar-refractivity contribution is 7.99. The highest BCUT2D eigenvalue weighted by Crippen LogP contribution is 2.41. The Kier molecular flexibility index (Phi) is 5.90. The predicted octanol–water partition coefficient (Wildman–Crippen LogP) is 4.99. The summed E-state index contributed by atoms with van der Waals surface area (Å²) in [5.74, 6) is 0.565. The third kappa shape index (κ3) is 4.13. The zero-order valence-electron chi connectivity index (χ0n) is 18.4. The molecule has 0 unspecified atom stereocenters. The van der Waals surface area contributed by atoms with E-state index >= 15 is 0 Å². The van der Waals surface area contributed by atoms with E-state index in [1.54, 1.807) is 18.2 Å². The maximum absolute atomic E-state index is 14.4. The molecule has 1 aliphatic carbocycles. The van der Waals surface area contributed by atoms with Crippen LogP contribution in [0.2, 0.25) is 0 Å². The van der Waals surface area contributed by atoms with E-state index in [0.29, 0.717) is 16.5 Å². The van der Waals surface area contributed by atoms with E-state index in [-0.39, 0.29) is 29.5 Å². The summed E-state index contributed by atoms with van der Waals surface area (Å²) in [6.45, 7) is 5.65. The number of halogens is 1. The number of thioether (sulfide) groups is 1. The third-order valence-corrected chi connectivity index (χ3v) is 7.25. The fourth-order valence-electron chi connectivity index (χ4n) is 4.43. The van der Waals surface area contributed by atoms with E-state index in [0.717, 1.165) is 55.8 Å². The molecule has 1 atom stereocenters. The third-order valence-electron chi connectivity index (χ3n) is 6.31. The Labute approximate surface area is 191 Å². The Morgan fingerprint density at radius 2 is 2.03 bits per heavy atom. The molecule has 0 amide bonds. The summed E-state index contributed by atoms with van der Waals surface area (Å²) in [5, 5.41) is 9.26. The van der Waals surface area contributed by atoms with Crippen molar-refractivity contribution in [3.05, 3.63) is 53.1 Å². The summed E-state index contributed by atoms with van der Waals surface area (Å²) >= 11 is 1.38. The Hall–Kier alpha value is -2.45. The van der Waals surface area contributed by atoms with Crippen LogP contribution in [0.25, 0.3) is 11.4 Å². The van der Waals surface area contributed by atoms with E-state index in [4.69, 9.17) is 4.74 Å². The predicted molar refractivity (Wildman–Crippen MR) is 122 cm³/mol. The summed E-state index contributed by atoms with van der Waals surface area (Å²) in [4.78, 5) is 13.1. The van der Waals surface area contributed by atoms with Crippen LogP contribution in [0.3, 0.4) is 0 Å². The van der Waals surface area contributed by atoms with Gasteiger partial charge in [0.05, 0.1) is 17.4 Å². The van der Waals surface area contributed by atoms with E-state index in [2.05, 4.69) is 14.8 Å². The molecule has 1 saturated carbocycles. The second kappa shape index (κ2) is 8.83. The van der Waals surface area contributed by atoms with Crippen molar-refractivity contribution in [1.82, 2.24) is 19.3 Å². The molecule has 1 aliphatic heterocycles. The van der Waals surface area contributed by atoms with Crippen LogP contribution in [0.5, 0.6) is 0 Å². The Morgan fingerprint density at radius 3 is 2.75 bits per heavy atom. The molecular formula is C24H27FN4O2S. The number of nitrogens with zero attached hydrogens (tertiary/aromatic N) is 4. The molecule has 5 rings (SSSR count). The molecule has 3 heterocycles. The minimum absolute atomic E-state index is 0.0690. The van der Waals surface area contributed by atoms with Crippen LogP contribution in [-0.4, -0.2) is 43.6 Å². The zero-order chi connectivity index (χ0) is 22.2. The topological polar surface area (TPSA) is 61.9 Å². The van der Waals surface area contributed by atoms with Gasteiger partial charge >= 0.3 is 0 Å². The highest BCUT2D eigenvalue weighted by atomic mass is 32.2. The molecule has 1 saturated heterocycles. The lowest BCUT2D eigenvalue weighted by molar-refractivity contribution is 0.0957. The number of carbonyl (C=O) groups is 1. The first-order valence-corrected chi connectivity index (χ1v) is 12.2. The van der Waals surface area contributed by atoms with Crippen LogP contribution in [0.1, 0.15) is 53.5 Å². The lowest BCUT2D eigenvalue weighted by Crippen LogP contribution is -2.17. The van der Waals surface area contributed by atoms with Gasteiger partial charge < -0.3 is 9.30 Å². The van der Waals surface area contributed by atoms with Gasteiger partial charge in [-0.05, 0) is 57.7 Å². The highest BCUT2D eigenvalue weighted by Gasteiger charge is 2.31. The van der Waals surface area contributed by atoms with Crippen molar-refractivity contribution in [2.45, 2.75) is 63.4 Å². The second-order valence-electron chi connectivity index (χ2n) is 8.63. The van der Waals surface area contributed by atoms with Crippen molar-refractivity contribution < 1.29 is 13.9 Å². The molecule has 0 bridgehead atoms. The van der Waals surface area contributed by atoms with Gasteiger partial charge in [-0.3, -0.25) is 9.36 Å². The Bertz CT molecular complexity index is 1150. The quantitative estimate of drug-likeness (QED) is 0.354. The number of carbonyl (C=O) groups excluding carboxylic acids is 1. The van der Waals surface area contributed by atoms with Crippen molar-refractivity contribution in [3.63, 3.8) is 0 Å². The number of hydrogen-bond donors (Lipinski definition) is 0. The number of benzene rings is 1. The average Bonchev–Trinajstić information content (AvgIpc) is 3.20. The maximum Gasteiger partial charge on any atom is 0.192 e. The van der Waals surface area contributed by atoms with Crippen LogP contribution < -0.4 is 0 Å². The monoisotopic (exact) mass is 454 g/mol. The Balaban J connectivity index is 1.33. The smallest absolute Gasteiger partial charge is 0.192 e. The van der Waals surface area contributed by atoms with Gasteiger partial charge in [0, 0.05) is 36.1 Å². The number of Topliss-reactive ketones (excluding diaryl/α,β-unsaturated/α-hetero) is 1. The number of hydrogen-bond acceptors (Lipinski definition) is 5. The lowest BCUT2D eigenvalue weighted by atomic mass is 10.2. The van der Waals surface area contributed by atoms with Crippen LogP contribution in [0, 0.1) is 19.7 Å². The zero-order valence-corrected chi connectivity index (χ0v) is 19.2. The van der Waals surface area contributed by atoms with Crippen LogP contribution in [-0.2, 0) is 11.3 Å². The molecule has 3 aromatic rings. The fraction of sp³-hybridized carbons (Fsp3) is 0.458. The number of aryl methyl sites for hydroxylation is 1. The van der Waals surface area contributed by atoms with E-state index < -0.39 is 0 Å². The van der Waals surface area contributed by atoms with Gasteiger partial charge in [0.1, 0.15) is 5.82 Å². The van der Waals surface area contributed by atoms with Crippen molar-refractivity contribution in [1.29, 1.82) is 0 Å². The SMILES string of the molecule is Cc1cc(C(=O)CSc2nnc(-c3ccccc3F)n2C2CC2)c(C)n1C[C@@H]1CCCO1. The molecule has 0 N–H and O–H groups in total. The molecule has 6 nitrogen and oxygen atoms in total. The lowest BCUT2D eigenvalue weighted by Gasteiger charge is -2.14. The van der Waals surface area contributed by atoms with Gasteiger partial charge in [-0.1, -0.05) is 23.9 Å². The van der Waals surface area contributed by atoms with Gasteiger partial charge in [0.2, 0.25) is 0 Å². The van der Waals surface area contributed by atoms with Crippen LogP contribution in [0.4, 0.5) is 4.39 Å². The van der Waals surface area contributed by atoms with Crippen molar-refractivity contribution >= 4 is 17.5 Å². The van der Waals surface area contributed by atoms with Gasteiger partial charge in [0.15, 0.2) is 16.8 Å². The molecule has 1 aromatic carbocycles. The number of ketones is 1. The molecule has 0 spiro atoms. The van der Waals surface area contributed by atoms with E-state index in [1.165, 1.54) is 17.8 Å². The standard InChI is InChI=1S/C24H27FN4O2S/c1-15-12-20(16(2)28(15)13-18-6-5-11-31-18)22(30)14-32-24-27-26-23(29(24)17-9-10-17)19-7-3-4-8-21(19)25/h3-4,7-8,12,17-18H,5-6,9-11,13-14H2,1-2H3/t18-/m0/s1. The molecule has 8 heteroatoms. The first-order chi connectivity index (χ1) is 15.5. The molecule has 0 radical (unpaired) electrons. The molecule has 2 aliphatic rings.